The Kier molecular flexibility index (Phi) is 4.22. The monoisotopic (exact) mass is 126 g/mol. The number of carbonyl (C=O) groups excluding carboxylic acids is 1. The van der Waals surface area contributed by atoms with E-state index in [1.807, 2.05) is 0 Å². The molecular weight excluding hydrogens is 116 g/mol. The van der Waals surface area contributed by atoms with Gasteiger partial charge in [0.2, 0.25) is 0 Å². The molecule has 0 aliphatic rings. The summed E-state index contributed by atoms with van der Waals surface area (Å²) in [5, 5.41) is 5.33. The van der Waals surface area contributed by atoms with Gasteiger partial charge in [0.25, 0.3) is 0 Å². The van der Waals surface area contributed by atoms with Crippen LogP contribution in [-0.4, -0.2) is 13.3 Å². The molecule has 3 nitrogen and oxygen atoms in total. The summed E-state index contributed by atoms with van der Waals surface area (Å²) in [5.74, 6) is 0. The molecule has 0 aliphatic heterocycles. The molecule has 0 spiro atoms. The zero-order valence-corrected chi connectivity index (χ0v) is 5.35. The van der Waals surface area contributed by atoms with Gasteiger partial charge in [-0.3, -0.25) is 4.79 Å². The Morgan fingerprint density at radius 1 is 1.67 bits per heavy atom. The van der Waals surface area contributed by atoms with Crippen LogP contribution < -0.4 is 10.6 Å². The van der Waals surface area contributed by atoms with E-state index in [1.54, 1.807) is 7.05 Å². The summed E-state index contributed by atoms with van der Waals surface area (Å²) in [5.41, 5.74) is 0.495. The number of likely N-dealkylation sites (N-methyl/N-ethyl adjacent to an activating group) is 1. The van der Waals surface area contributed by atoms with Gasteiger partial charge in [-0.05, 0) is 6.20 Å². The van der Waals surface area contributed by atoms with Crippen LogP contribution in [0.3, 0.4) is 0 Å². The van der Waals surface area contributed by atoms with Crippen molar-refractivity contribution in [3.8, 4) is 0 Å². The van der Waals surface area contributed by atoms with Crippen LogP contribution in [0.25, 0.3) is 0 Å². The first-order valence-corrected chi connectivity index (χ1v) is 2.55. The highest BCUT2D eigenvalue weighted by Crippen LogP contribution is 1.75. The van der Waals surface area contributed by atoms with Gasteiger partial charge in [-0.1, -0.05) is 6.58 Å². The molecule has 0 saturated heterocycles. The lowest BCUT2D eigenvalue weighted by Crippen LogP contribution is -2.09. The zero-order chi connectivity index (χ0) is 7.11. The quantitative estimate of drug-likeness (QED) is 0.411. The van der Waals surface area contributed by atoms with Crippen molar-refractivity contribution in [3.63, 3.8) is 0 Å². The van der Waals surface area contributed by atoms with Gasteiger partial charge in [-0.2, -0.15) is 0 Å². The molecule has 0 radical (unpaired) electrons. The molecule has 0 saturated carbocycles. The number of nitrogens with one attached hydrogen (secondary N) is 2. The molecule has 0 aromatic heterocycles. The van der Waals surface area contributed by atoms with Crippen LogP contribution in [0.2, 0.25) is 0 Å². The Hall–Kier alpha value is -1.25. The summed E-state index contributed by atoms with van der Waals surface area (Å²) in [4.78, 5) is 10.0. The van der Waals surface area contributed by atoms with Crippen LogP contribution in [-0.2, 0) is 4.79 Å². The number of aldehydes is 1. The first-order valence-electron chi connectivity index (χ1n) is 2.55. The minimum atomic E-state index is 0.495. The SMILES string of the molecule is C=CN/C=C(/C=O)NC. The maximum Gasteiger partial charge on any atom is 0.167 e. The molecule has 0 aromatic rings. The molecule has 0 rings (SSSR count). The summed E-state index contributed by atoms with van der Waals surface area (Å²) in [6, 6.07) is 0. The summed E-state index contributed by atoms with van der Waals surface area (Å²) in [6.07, 6.45) is 3.73. The molecule has 0 atom stereocenters. The van der Waals surface area contributed by atoms with Crippen molar-refractivity contribution in [2.24, 2.45) is 0 Å². The fourth-order valence-electron chi connectivity index (χ4n) is 0.314. The minimum absolute atomic E-state index is 0.495. The van der Waals surface area contributed by atoms with Crippen LogP contribution in [0.1, 0.15) is 0 Å². The fourth-order valence-corrected chi connectivity index (χ4v) is 0.314. The van der Waals surface area contributed by atoms with E-state index in [0.717, 1.165) is 6.29 Å². The predicted octanol–water partition coefficient (Wildman–Crippen LogP) is -0.0208. The second kappa shape index (κ2) is 4.90. The Bertz CT molecular complexity index is 129. The summed E-state index contributed by atoms with van der Waals surface area (Å²) < 4.78 is 0. The fraction of sp³-hybridized carbons (Fsp3) is 0.167. The van der Waals surface area contributed by atoms with Gasteiger partial charge in [-0.15, -0.1) is 0 Å². The molecule has 0 amide bonds. The summed E-state index contributed by atoms with van der Waals surface area (Å²) in [6.45, 7) is 3.40. The van der Waals surface area contributed by atoms with Gasteiger partial charge in [0.1, 0.15) is 0 Å². The van der Waals surface area contributed by atoms with E-state index in [1.165, 1.54) is 12.4 Å². The van der Waals surface area contributed by atoms with Crippen molar-refractivity contribution in [2.45, 2.75) is 0 Å². The Morgan fingerprint density at radius 3 is 2.67 bits per heavy atom. The van der Waals surface area contributed by atoms with Crippen LogP contribution in [0, 0.1) is 0 Å². The van der Waals surface area contributed by atoms with Crippen LogP contribution >= 0.6 is 0 Å². The average molecular weight is 126 g/mol. The third-order valence-electron chi connectivity index (χ3n) is 0.772. The smallest absolute Gasteiger partial charge is 0.167 e. The molecule has 3 heteroatoms. The predicted molar refractivity (Wildman–Crippen MR) is 36.5 cm³/mol. The molecule has 0 heterocycles. The topological polar surface area (TPSA) is 41.1 Å². The van der Waals surface area contributed by atoms with E-state index in [9.17, 15) is 4.79 Å². The standard InChI is InChI=1S/C6H10N2O/c1-3-8-4-6(5-9)7-2/h3-5,7-8H,1H2,2H3/b6-4-. The number of allylic oxidation sites excluding steroid dienone is 1. The highest BCUT2D eigenvalue weighted by atomic mass is 16.1. The summed E-state index contributed by atoms with van der Waals surface area (Å²) >= 11 is 0. The minimum Gasteiger partial charge on any atom is -0.384 e. The molecule has 0 aliphatic carbocycles. The van der Waals surface area contributed by atoms with Gasteiger partial charge in [0.05, 0.1) is 5.70 Å². The lowest BCUT2D eigenvalue weighted by atomic mass is 10.5. The van der Waals surface area contributed by atoms with E-state index in [-0.39, 0.29) is 0 Å². The van der Waals surface area contributed by atoms with Crippen molar-refractivity contribution < 1.29 is 4.79 Å². The lowest BCUT2D eigenvalue weighted by molar-refractivity contribution is -0.105. The maximum atomic E-state index is 10.0. The van der Waals surface area contributed by atoms with Crippen molar-refractivity contribution >= 4 is 6.29 Å². The van der Waals surface area contributed by atoms with Crippen LogP contribution in [0.15, 0.2) is 24.7 Å². The Labute approximate surface area is 54.4 Å². The molecule has 2 N–H and O–H groups in total. The van der Waals surface area contributed by atoms with Gasteiger partial charge < -0.3 is 10.6 Å². The van der Waals surface area contributed by atoms with E-state index >= 15 is 0 Å². The lowest BCUT2D eigenvalue weighted by Gasteiger charge is -1.94. The molecule has 0 fully saturated rings. The number of hydrogen-bond donors (Lipinski definition) is 2. The molecule has 9 heavy (non-hydrogen) atoms. The largest absolute Gasteiger partial charge is 0.384 e. The first-order chi connectivity index (χ1) is 4.35. The van der Waals surface area contributed by atoms with Crippen LogP contribution in [0.4, 0.5) is 0 Å². The van der Waals surface area contributed by atoms with Crippen molar-refractivity contribution in [1.29, 1.82) is 0 Å². The third-order valence-corrected chi connectivity index (χ3v) is 0.772. The first kappa shape index (κ1) is 7.75. The zero-order valence-electron chi connectivity index (χ0n) is 5.35. The molecule has 0 aromatic carbocycles. The third kappa shape index (κ3) is 3.34. The molecule has 0 bridgehead atoms. The second-order valence-electron chi connectivity index (χ2n) is 1.34. The van der Waals surface area contributed by atoms with Gasteiger partial charge >= 0.3 is 0 Å². The van der Waals surface area contributed by atoms with E-state index in [0.29, 0.717) is 5.70 Å². The van der Waals surface area contributed by atoms with Gasteiger partial charge in [0, 0.05) is 13.2 Å². The van der Waals surface area contributed by atoms with E-state index in [2.05, 4.69) is 17.2 Å². The highest BCUT2D eigenvalue weighted by Gasteiger charge is 1.83. The molecule has 0 unspecified atom stereocenters. The second-order valence-corrected chi connectivity index (χ2v) is 1.34. The number of carbonyl (C=O) groups is 1. The van der Waals surface area contributed by atoms with E-state index < -0.39 is 0 Å². The molecular formula is C6H10N2O. The maximum absolute atomic E-state index is 10.0. The van der Waals surface area contributed by atoms with Gasteiger partial charge in [0.15, 0.2) is 6.29 Å². The number of rotatable bonds is 4. The van der Waals surface area contributed by atoms with Gasteiger partial charge in [-0.25, -0.2) is 0 Å². The van der Waals surface area contributed by atoms with Crippen molar-refractivity contribution in [2.75, 3.05) is 7.05 Å². The van der Waals surface area contributed by atoms with Crippen molar-refractivity contribution in [3.05, 3.63) is 24.7 Å². The van der Waals surface area contributed by atoms with Crippen molar-refractivity contribution in [1.82, 2.24) is 10.6 Å². The molecule has 50 valence electrons. The Morgan fingerprint density at radius 2 is 2.33 bits per heavy atom. The normalized spacial score (nSPS) is 10.1. The number of hydrogen-bond acceptors (Lipinski definition) is 3. The average Bonchev–Trinajstić information content (AvgIpc) is 1.91. The highest BCUT2D eigenvalue weighted by molar-refractivity contribution is 5.71. The Balaban J connectivity index is 3.74. The van der Waals surface area contributed by atoms with E-state index in [4.69, 9.17) is 0 Å². The summed E-state index contributed by atoms with van der Waals surface area (Å²) in [7, 11) is 1.67. The van der Waals surface area contributed by atoms with Crippen LogP contribution in [0.5, 0.6) is 0 Å².